The van der Waals surface area contributed by atoms with Crippen LogP contribution in [0.15, 0.2) is 12.7 Å². The summed E-state index contributed by atoms with van der Waals surface area (Å²) < 4.78 is 0. The Kier molecular flexibility index (Phi) is 3.60. The number of likely N-dealkylation sites (tertiary alicyclic amines) is 1. The van der Waals surface area contributed by atoms with Crippen molar-refractivity contribution in [3.63, 3.8) is 0 Å². The molecule has 2 nitrogen and oxygen atoms in total. The molecule has 2 rings (SSSR count). The Labute approximate surface area is 87.4 Å². The maximum atomic E-state index is 3.80. The van der Waals surface area contributed by atoms with Gasteiger partial charge < -0.3 is 5.32 Å². The lowest BCUT2D eigenvalue weighted by molar-refractivity contribution is 0.218. The highest BCUT2D eigenvalue weighted by molar-refractivity contribution is 4.92. The van der Waals surface area contributed by atoms with Gasteiger partial charge in [0, 0.05) is 18.6 Å². The molecule has 80 valence electrons. The Morgan fingerprint density at radius 2 is 2.29 bits per heavy atom. The molecule has 0 aliphatic carbocycles. The van der Waals surface area contributed by atoms with Gasteiger partial charge in [-0.15, -0.1) is 6.58 Å². The summed E-state index contributed by atoms with van der Waals surface area (Å²) in [4.78, 5) is 2.66. The van der Waals surface area contributed by atoms with Gasteiger partial charge in [0.25, 0.3) is 0 Å². The molecule has 0 aromatic heterocycles. The van der Waals surface area contributed by atoms with E-state index in [-0.39, 0.29) is 0 Å². The van der Waals surface area contributed by atoms with Crippen molar-refractivity contribution >= 4 is 0 Å². The van der Waals surface area contributed by atoms with E-state index in [1.807, 2.05) is 6.08 Å². The average molecular weight is 194 g/mol. The van der Waals surface area contributed by atoms with Crippen LogP contribution in [0.5, 0.6) is 0 Å². The monoisotopic (exact) mass is 194 g/mol. The fourth-order valence-electron chi connectivity index (χ4n) is 2.88. The maximum absolute atomic E-state index is 3.80. The van der Waals surface area contributed by atoms with E-state index in [1.54, 1.807) is 0 Å². The van der Waals surface area contributed by atoms with E-state index in [9.17, 15) is 0 Å². The summed E-state index contributed by atoms with van der Waals surface area (Å²) in [5.74, 6) is 0. The third-order valence-corrected chi connectivity index (χ3v) is 3.60. The number of nitrogens with one attached hydrogen (secondary N) is 1. The molecule has 0 saturated carbocycles. The van der Waals surface area contributed by atoms with Gasteiger partial charge in [-0.25, -0.2) is 0 Å². The van der Waals surface area contributed by atoms with Gasteiger partial charge in [-0.2, -0.15) is 0 Å². The minimum atomic E-state index is 0.780. The Morgan fingerprint density at radius 3 is 3.00 bits per heavy atom. The highest BCUT2D eigenvalue weighted by Crippen LogP contribution is 2.24. The number of hydrogen-bond donors (Lipinski definition) is 1. The Hall–Kier alpha value is -0.340. The van der Waals surface area contributed by atoms with Gasteiger partial charge in [0.2, 0.25) is 0 Å². The molecule has 1 N–H and O–H groups in total. The minimum absolute atomic E-state index is 0.780. The van der Waals surface area contributed by atoms with Gasteiger partial charge in [0.15, 0.2) is 0 Å². The van der Waals surface area contributed by atoms with Gasteiger partial charge in [0.05, 0.1) is 0 Å². The van der Waals surface area contributed by atoms with Gasteiger partial charge >= 0.3 is 0 Å². The highest BCUT2D eigenvalue weighted by atomic mass is 15.2. The molecule has 0 spiro atoms. The number of rotatable bonds is 4. The van der Waals surface area contributed by atoms with Crippen molar-refractivity contribution in [3.05, 3.63) is 12.7 Å². The van der Waals surface area contributed by atoms with Crippen LogP contribution >= 0.6 is 0 Å². The number of hydrogen-bond acceptors (Lipinski definition) is 2. The van der Waals surface area contributed by atoms with Crippen LogP contribution < -0.4 is 5.32 Å². The smallest absolute Gasteiger partial charge is 0.0249 e. The summed E-state index contributed by atoms with van der Waals surface area (Å²) in [6.07, 6.45) is 8.72. The summed E-state index contributed by atoms with van der Waals surface area (Å²) in [5.41, 5.74) is 0. The van der Waals surface area contributed by atoms with Crippen LogP contribution in [0.25, 0.3) is 0 Å². The third kappa shape index (κ3) is 2.18. The van der Waals surface area contributed by atoms with Crippen LogP contribution in [0.4, 0.5) is 0 Å². The molecule has 0 bridgehead atoms. The van der Waals surface area contributed by atoms with E-state index in [0.29, 0.717) is 0 Å². The second-order valence-electron chi connectivity index (χ2n) is 4.53. The number of nitrogens with zero attached hydrogens (tertiary/aromatic N) is 1. The molecule has 0 aromatic rings. The van der Waals surface area contributed by atoms with Gasteiger partial charge in [-0.1, -0.05) is 6.08 Å². The molecule has 0 aromatic carbocycles. The van der Waals surface area contributed by atoms with E-state index in [0.717, 1.165) is 18.5 Å². The largest absolute Gasteiger partial charge is 0.312 e. The molecule has 2 saturated heterocycles. The molecule has 2 aliphatic heterocycles. The van der Waals surface area contributed by atoms with Gasteiger partial charge in [-0.05, 0) is 45.2 Å². The van der Waals surface area contributed by atoms with Crippen molar-refractivity contribution in [2.45, 2.75) is 44.2 Å². The highest BCUT2D eigenvalue weighted by Gasteiger charge is 2.32. The van der Waals surface area contributed by atoms with E-state index >= 15 is 0 Å². The van der Waals surface area contributed by atoms with Crippen molar-refractivity contribution in [2.24, 2.45) is 0 Å². The topological polar surface area (TPSA) is 15.3 Å². The molecule has 2 heterocycles. The second-order valence-corrected chi connectivity index (χ2v) is 4.53. The lowest BCUT2D eigenvalue weighted by Crippen LogP contribution is -2.44. The van der Waals surface area contributed by atoms with Crippen molar-refractivity contribution in [1.29, 1.82) is 0 Å². The zero-order valence-electron chi connectivity index (χ0n) is 9.04. The molecule has 2 fully saturated rings. The first-order valence-electron chi connectivity index (χ1n) is 6.00. The zero-order chi connectivity index (χ0) is 9.80. The lowest BCUT2D eigenvalue weighted by atomic mass is 10.0. The van der Waals surface area contributed by atoms with E-state index in [4.69, 9.17) is 0 Å². The first kappa shape index (κ1) is 10.2. The normalized spacial score (nSPS) is 33.7. The summed E-state index contributed by atoms with van der Waals surface area (Å²) in [7, 11) is 0. The quantitative estimate of drug-likeness (QED) is 0.686. The van der Waals surface area contributed by atoms with Crippen LogP contribution in [0, 0.1) is 0 Å². The molecule has 14 heavy (non-hydrogen) atoms. The van der Waals surface area contributed by atoms with E-state index in [2.05, 4.69) is 16.8 Å². The van der Waals surface area contributed by atoms with Gasteiger partial charge in [-0.3, -0.25) is 4.90 Å². The van der Waals surface area contributed by atoms with Crippen LogP contribution in [-0.4, -0.2) is 36.6 Å². The predicted octanol–water partition coefficient (Wildman–Crippen LogP) is 1.78. The lowest BCUT2D eigenvalue weighted by Gasteiger charge is -2.29. The van der Waals surface area contributed by atoms with Crippen LogP contribution in [-0.2, 0) is 0 Å². The van der Waals surface area contributed by atoms with E-state index < -0.39 is 0 Å². The van der Waals surface area contributed by atoms with Gasteiger partial charge in [0.1, 0.15) is 0 Å². The van der Waals surface area contributed by atoms with Crippen molar-refractivity contribution in [1.82, 2.24) is 10.2 Å². The Balaban J connectivity index is 1.85. The first-order chi connectivity index (χ1) is 6.92. The molecule has 0 radical (unpaired) electrons. The maximum Gasteiger partial charge on any atom is 0.0249 e. The standard InChI is InChI=1S/C12H22N2/c1-2-3-9-14-10-5-7-12(14)11-6-4-8-13-11/h2,11-13H,1,3-10H2. The second kappa shape index (κ2) is 4.94. The van der Waals surface area contributed by atoms with Crippen LogP contribution in [0.3, 0.4) is 0 Å². The summed E-state index contributed by atoms with van der Waals surface area (Å²) in [6.45, 7) is 7.55. The summed E-state index contributed by atoms with van der Waals surface area (Å²) in [5, 5.41) is 3.64. The molecule has 2 aliphatic rings. The van der Waals surface area contributed by atoms with Crippen molar-refractivity contribution in [3.8, 4) is 0 Å². The minimum Gasteiger partial charge on any atom is -0.312 e. The predicted molar refractivity (Wildman–Crippen MR) is 60.4 cm³/mol. The average Bonchev–Trinajstić information content (AvgIpc) is 2.84. The van der Waals surface area contributed by atoms with Crippen LogP contribution in [0.1, 0.15) is 32.1 Å². The summed E-state index contributed by atoms with van der Waals surface area (Å²) in [6, 6.07) is 1.60. The third-order valence-electron chi connectivity index (χ3n) is 3.60. The molecule has 2 heteroatoms. The molecular weight excluding hydrogens is 172 g/mol. The van der Waals surface area contributed by atoms with Crippen molar-refractivity contribution < 1.29 is 0 Å². The SMILES string of the molecule is C=CCCN1CCCC1C1CCCN1. The summed E-state index contributed by atoms with van der Waals surface area (Å²) >= 11 is 0. The Bertz CT molecular complexity index is 185. The molecule has 2 atom stereocenters. The van der Waals surface area contributed by atoms with Crippen molar-refractivity contribution in [2.75, 3.05) is 19.6 Å². The van der Waals surface area contributed by atoms with E-state index in [1.165, 1.54) is 45.3 Å². The molecule has 2 unspecified atom stereocenters. The Morgan fingerprint density at radius 1 is 1.36 bits per heavy atom. The first-order valence-corrected chi connectivity index (χ1v) is 6.00. The zero-order valence-corrected chi connectivity index (χ0v) is 9.04. The molecular formula is C12H22N2. The van der Waals surface area contributed by atoms with Crippen LogP contribution in [0.2, 0.25) is 0 Å². The fraction of sp³-hybridized carbons (Fsp3) is 0.833. The fourth-order valence-corrected chi connectivity index (χ4v) is 2.88. The molecule has 0 amide bonds.